The molecule has 1 aromatic carbocycles. The van der Waals surface area contributed by atoms with Crippen LogP contribution in [0.15, 0.2) is 32.5 Å². The van der Waals surface area contributed by atoms with Gasteiger partial charge in [-0.1, -0.05) is 0 Å². The average Bonchev–Trinajstić information content (AvgIpc) is 2.76. The standard InChI is InChI=1S/C12H8Br2FNO2S/c13-9-4-1-6(19-9)5-16-8-3-2-7(12(17)18)10(14)11(8)15/h1-4,16H,5H2,(H,17,18). The van der Waals surface area contributed by atoms with Gasteiger partial charge in [0.2, 0.25) is 0 Å². The van der Waals surface area contributed by atoms with E-state index in [1.165, 1.54) is 12.1 Å². The van der Waals surface area contributed by atoms with Crippen molar-refractivity contribution in [2.75, 3.05) is 5.32 Å². The van der Waals surface area contributed by atoms with E-state index in [1.54, 1.807) is 11.3 Å². The van der Waals surface area contributed by atoms with E-state index < -0.39 is 11.8 Å². The Hall–Kier alpha value is -0.920. The molecule has 2 aromatic rings. The number of benzene rings is 1. The lowest BCUT2D eigenvalue weighted by Gasteiger charge is -2.09. The third-order valence-corrected chi connectivity index (χ3v) is 4.79. The van der Waals surface area contributed by atoms with Crippen molar-refractivity contribution in [3.8, 4) is 0 Å². The van der Waals surface area contributed by atoms with Crippen molar-refractivity contribution in [1.82, 2.24) is 0 Å². The SMILES string of the molecule is O=C(O)c1ccc(NCc2ccc(Br)s2)c(F)c1Br. The number of carbonyl (C=O) groups is 1. The molecular weight excluding hydrogens is 401 g/mol. The predicted octanol–water partition coefficient (Wildman–Crippen LogP) is 4.72. The van der Waals surface area contributed by atoms with Crippen molar-refractivity contribution in [2.45, 2.75) is 6.54 Å². The number of halogens is 3. The van der Waals surface area contributed by atoms with Gasteiger partial charge in [0, 0.05) is 11.4 Å². The van der Waals surface area contributed by atoms with Gasteiger partial charge in [-0.05, 0) is 56.1 Å². The van der Waals surface area contributed by atoms with Gasteiger partial charge in [0.15, 0.2) is 5.82 Å². The summed E-state index contributed by atoms with van der Waals surface area (Å²) >= 11 is 7.87. The van der Waals surface area contributed by atoms with Gasteiger partial charge in [-0.25, -0.2) is 9.18 Å². The Morgan fingerprint density at radius 1 is 1.32 bits per heavy atom. The summed E-state index contributed by atoms with van der Waals surface area (Å²) in [4.78, 5) is 11.9. The highest BCUT2D eigenvalue weighted by atomic mass is 79.9. The van der Waals surface area contributed by atoms with Crippen LogP contribution in [0.2, 0.25) is 0 Å². The highest BCUT2D eigenvalue weighted by molar-refractivity contribution is 9.11. The van der Waals surface area contributed by atoms with Gasteiger partial charge < -0.3 is 10.4 Å². The molecule has 7 heteroatoms. The fourth-order valence-electron chi connectivity index (χ4n) is 1.48. The minimum Gasteiger partial charge on any atom is -0.478 e. The van der Waals surface area contributed by atoms with Crippen molar-refractivity contribution < 1.29 is 14.3 Å². The minimum absolute atomic E-state index is 0.0441. The van der Waals surface area contributed by atoms with Crippen molar-refractivity contribution in [3.05, 3.63) is 48.8 Å². The molecule has 0 fully saturated rings. The first-order valence-electron chi connectivity index (χ1n) is 5.18. The second-order valence-corrected chi connectivity index (χ2v) is 6.99. The van der Waals surface area contributed by atoms with Gasteiger partial charge in [0.05, 0.1) is 19.5 Å². The first-order chi connectivity index (χ1) is 8.99. The van der Waals surface area contributed by atoms with E-state index in [-0.39, 0.29) is 15.7 Å². The van der Waals surface area contributed by atoms with E-state index in [1.807, 2.05) is 12.1 Å². The normalized spacial score (nSPS) is 10.5. The molecule has 0 saturated heterocycles. The lowest BCUT2D eigenvalue weighted by Crippen LogP contribution is -2.04. The van der Waals surface area contributed by atoms with Gasteiger partial charge in [-0.2, -0.15) is 0 Å². The van der Waals surface area contributed by atoms with Crippen LogP contribution < -0.4 is 5.32 Å². The third-order valence-electron chi connectivity index (χ3n) is 2.39. The maximum atomic E-state index is 14.0. The fraction of sp³-hybridized carbons (Fsp3) is 0.0833. The zero-order chi connectivity index (χ0) is 14.0. The number of carboxylic acids is 1. The Kier molecular flexibility index (Phi) is 4.59. The molecule has 2 N–H and O–H groups in total. The molecule has 2 rings (SSSR count). The molecule has 1 heterocycles. The van der Waals surface area contributed by atoms with E-state index in [0.717, 1.165) is 8.66 Å². The van der Waals surface area contributed by atoms with E-state index in [9.17, 15) is 9.18 Å². The van der Waals surface area contributed by atoms with Crippen molar-refractivity contribution >= 4 is 54.9 Å². The smallest absolute Gasteiger partial charge is 0.336 e. The highest BCUT2D eigenvalue weighted by Crippen LogP contribution is 2.28. The average molecular weight is 409 g/mol. The van der Waals surface area contributed by atoms with Crippen LogP contribution in [0.5, 0.6) is 0 Å². The summed E-state index contributed by atoms with van der Waals surface area (Å²) in [7, 11) is 0. The molecule has 0 aliphatic rings. The van der Waals surface area contributed by atoms with Crippen LogP contribution in [0, 0.1) is 5.82 Å². The monoisotopic (exact) mass is 407 g/mol. The van der Waals surface area contributed by atoms with Crippen LogP contribution in [0.25, 0.3) is 0 Å². The van der Waals surface area contributed by atoms with Gasteiger partial charge >= 0.3 is 5.97 Å². The number of hydrogen-bond acceptors (Lipinski definition) is 3. The molecule has 0 radical (unpaired) electrons. The minimum atomic E-state index is -1.17. The number of aromatic carboxylic acids is 1. The Labute approximate surface area is 129 Å². The molecule has 0 atom stereocenters. The number of anilines is 1. The maximum absolute atomic E-state index is 14.0. The number of nitrogens with one attached hydrogen (secondary N) is 1. The van der Waals surface area contributed by atoms with E-state index in [4.69, 9.17) is 5.11 Å². The quantitative estimate of drug-likeness (QED) is 0.769. The summed E-state index contributed by atoms with van der Waals surface area (Å²) in [5, 5.41) is 11.8. The van der Waals surface area contributed by atoms with Gasteiger partial charge in [-0.15, -0.1) is 11.3 Å². The first kappa shape index (κ1) is 14.5. The van der Waals surface area contributed by atoms with Crippen molar-refractivity contribution in [3.63, 3.8) is 0 Å². The van der Waals surface area contributed by atoms with Crippen LogP contribution >= 0.6 is 43.2 Å². The molecule has 0 aliphatic carbocycles. The molecule has 0 unspecified atom stereocenters. The van der Waals surface area contributed by atoms with E-state index >= 15 is 0 Å². The molecule has 19 heavy (non-hydrogen) atoms. The van der Waals surface area contributed by atoms with Gasteiger partial charge in [0.1, 0.15) is 0 Å². The van der Waals surface area contributed by atoms with Crippen LogP contribution in [-0.2, 0) is 6.54 Å². The Morgan fingerprint density at radius 3 is 2.63 bits per heavy atom. The number of rotatable bonds is 4. The molecule has 3 nitrogen and oxygen atoms in total. The number of thiophene rings is 1. The molecular formula is C12H8Br2FNO2S. The summed E-state index contributed by atoms with van der Waals surface area (Å²) in [6, 6.07) is 6.64. The summed E-state index contributed by atoms with van der Waals surface area (Å²) in [5.41, 5.74) is 0.170. The molecule has 0 aliphatic heterocycles. The topological polar surface area (TPSA) is 49.3 Å². The Balaban J connectivity index is 2.17. The number of hydrogen-bond donors (Lipinski definition) is 2. The Morgan fingerprint density at radius 2 is 2.05 bits per heavy atom. The van der Waals surface area contributed by atoms with Crippen molar-refractivity contribution in [2.24, 2.45) is 0 Å². The zero-order valence-corrected chi connectivity index (χ0v) is 13.4. The molecule has 0 saturated carbocycles. The second kappa shape index (κ2) is 6.02. The number of carboxylic acid groups (broad SMARTS) is 1. The molecule has 0 bridgehead atoms. The predicted molar refractivity (Wildman–Crippen MR) is 80.4 cm³/mol. The molecule has 1 aromatic heterocycles. The van der Waals surface area contributed by atoms with E-state index in [2.05, 4.69) is 37.2 Å². The zero-order valence-electron chi connectivity index (χ0n) is 9.41. The summed E-state index contributed by atoms with van der Waals surface area (Å²) < 4.78 is 14.9. The lowest BCUT2D eigenvalue weighted by atomic mass is 10.2. The maximum Gasteiger partial charge on any atom is 0.336 e. The third kappa shape index (κ3) is 3.34. The highest BCUT2D eigenvalue weighted by Gasteiger charge is 2.15. The molecule has 100 valence electrons. The summed E-state index contributed by atoms with van der Waals surface area (Å²) in [6.07, 6.45) is 0. The van der Waals surface area contributed by atoms with Crippen molar-refractivity contribution in [1.29, 1.82) is 0 Å². The lowest BCUT2D eigenvalue weighted by molar-refractivity contribution is 0.0695. The van der Waals surface area contributed by atoms with Crippen LogP contribution in [0.4, 0.5) is 10.1 Å². The summed E-state index contributed by atoms with van der Waals surface area (Å²) in [6.45, 7) is 0.478. The van der Waals surface area contributed by atoms with Crippen LogP contribution in [-0.4, -0.2) is 11.1 Å². The Bertz CT molecular complexity index is 630. The van der Waals surface area contributed by atoms with Gasteiger partial charge in [0.25, 0.3) is 0 Å². The molecule has 0 amide bonds. The summed E-state index contributed by atoms with van der Waals surface area (Å²) in [5.74, 6) is -1.77. The van der Waals surface area contributed by atoms with Crippen LogP contribution in [0.1, 0.15) is 15.2 Å². The second-order valence-electron chi connectivity index (χ2n) is 3.65. The first-order valence-corrected chi connectivity index (χ1v) is 7.58. The van der Waals surface area contributed by atoms with Gasteiger partial charge in [-0.3, -0.25) is 0 Å². The largest absolute Gasteiger partial charge is 0.478 e. The molecule has 0 spiro atoms. The fourth-order valence-corrected chi connectivity index (χ4v) is 3.42. The van der Waals surface area contributed by atoms with Crippen LogP contribution in [0.3, 0.4) is 0 Å². The van der Waals surface area contributed by atoms with E-state index in [0.29, 0.717) is 6.54 Å².